The Labute approximate surface area is 425 Å². The molecule has 404 valence electrons. The summed E-state index contributed by atoms with van der Waals surface area (Å²) in [6, 6.07) is -1.03. The Morgan fingerprint density at radius 2 is 1.53 bits per heavy atom. The molecular weight excluding hydrogens is 933 g/mol. The van der Waals surface area contributed by atoms with E-state index >= 15 is 0 Å². The van der Waals surface area contributed by atoms with Crippen LogP contribution in [0.15, 0.2) is 24.3 Å². The van der Waals surface area contributed by atoms with Gasteiger partial charge in [-0.15, -0.1) is 0 Å². The van der Waals surface area contributed by atoms with E-state index in [9.17, 15) is 53.4 Å². The molecule has 3 rings (SSSR count). The van der Waals surface area contributed by atoms with Gasteiger partial charge in [0.05, 0.1) is 31.6 Å². The number of carbonyl (C=O) groups excluding carboxylic acids is 9. The fraction of sp³-hybridized carbons (Fsp3) is 0.712. The number of esters is 2. The normalized spacial score (nSPS) is 27.1. The van der Waals surface area contributed by atoms with Crippen molar-refractivity contribution in [3.8, 4) is 5.75 Å². The molecule has 2 saturated heterocycles. The number of carbonyl (C=O) groups is 9. The van der Waals surface area contributed by atoms with Crippen molar-refractivity contribution in [1.29, 1.82) is 0 Å². The van der Waals surface area contributed by atoms with Crippen LogP contribution in [0.3, 0.4) is 0 Å². The third kappa shape index (κ3) is 16.2. The molecule has 0 saturated carbocycles. The van der Waals surface area contributed by atoms with Crippen LogP contribution in [0.5, 0.6) is 5.75 Å². The number of ketones is 1. The first-order valence-corrected chi connectivity index (χ1v) is 25.3. The first-order valence-electron chi connectivity index (χ1n) is 25.3. The second kappa shape index (κ2) is 27.4. The smallest absolute Gasteiger partial charge is 0.329 e. The summed E-state index contributed by atoms with van der Waals surface area (Å²) in [6.07, 6.45) is -5.64. The second-order valence-electron chi connectivity index (χ2n) is 20.8. The van der Waals surface area contributed by atoms with Gasteiger partial charge in [-0.3, -0.25) is 38.4 Å². The van der Waals surface area contributed by atoms with Gasteiger partial charge in [0.2, 0.25) is 29.5 Å². The molecule has 0 spiro atoms. The Morgan fingerprint density at radius 1 is 0.903 bits per heavy atom. The Balaban J connectivity index is 2.29. The van der Waals surface area contributed by atoms with E-state index in [2.05, 4.69) is 16.0 Å². The molecule has 5 unspecified atom stereocenters. The number of benzene rings is 1. The minimum Gasteiger partial charge on any atom is -0.497 e. The fourth-order valence-electron chi connectivity index (χ4n) is 9.05. The number of Topliss-reactive ketones (excluding diaryl/α,β-unsaturated/α-hetero) is 1. The molecule has 0 aliphatic carbocycles. The summed E-state index contributed by atoms with van der Waals surface area (Å²) >= 11 is 0. The monoisotopic (exact) mass is 1010 g/mol. The van der Waals surface area contributed by atoms with Crippen molar-refractivity contribution < 1.29 is 67.6 Å². The molecular formula is C52H82N6O14. The van der Waals surface area contributed by atoms with Crippen molar-refractivity contribution in [2.75, 3.05) is 27.7 Å². The minimum absolute atomic E-state index is 0.0955. The summed E-state index contributed by atoms with van der Waals surface area (Å²) < 4.78 is 17.1. The molecule has 0 bridgehead atoms. The van der Waals surface area contributed by atoms with E-state index in [0.717, 1.165) is 4.90 Å². The average Bonchev–Trinajstić information content (AvgIpc) is 3.82. The molecule has 6 amide bonds. The summed E-state index contributed by atoms with van der Waals surface area (Å²) in [5, 5.41) is 30.1. The number of likely N-dealkylation sites (N-methyl/N-ethyl adjacent to an activating group) is 2. The lowest BCUT2D eigenvalue weighted by Crippen LogP contribution is -2.62. The Hall–Kier alpha value is -5.63. The van der Waals surface area contributed by atoms with E-state index in [4.69, 9.17) is 14.2 Å². The molecule has 2 aliphatic heterocycles. The average molecular weight is 1020 g/mol. The fourth-order valence-corrected chi connectivity index (χ4v) is 9.05. The van der Waals surface area contributed by atoms with Gasteiger partial charge in [0.25, 0.3) is 5.91 Å². The van der Waals surface area contributed by atoms with E-state index in [1.165, 1.54) is 51.8 Å². The number of rotatable bonds is 14. The third-order valence-corrected chi connectivity index (χ3v) is 13.7. The van der Waals surface area contributed by atoms with Gasteiger partial charge >= 0.3 is 11.9 Å². The van der Waals surface area contributed by atoms with Gasteiger partial charge in [0, 0.05) is 27.1 Å². The number of nitrogens with zero attached hydrogens (tertiary/aromatic N) is 3. The van der Waals surface area contributed by atoms with Crippen LogP contribution >= 0.6 is 0 Å². The van der Waals surface area contributed by atoms with E-state index in [-0.39, 0.29) is 44.1 Å². The number of methoxy groups -OCH3 is 1. The van der Waals surface area contributed by atoms with E-state index in [1.807, 2.05) is 27.7 Å². The number of hydrogen-bond acceptors (Lipinski definition) is 14. The van der Waals surface area contributed by atoms with Crippen molar-refractivity contribution in [2.24, 2.45) is 29.6 Å². The van der Waals surface area contributed by atoms with Crippen molar-refractivity contribution in [3.05, 3.63) is 29.8 Å². The van der Waals surface area contributed by atoms with Crippen molar-refractivity contribution in [2.45, 2.75) is 182 Å². The van der Waals surface area contributed by atoms with Crippen LogP contribution in [0.2, 0.25) is 0 Å². The van der Waals surface area contributed by atoms with Crippen LogP contribution in [0.4, 0.5) is 0 Å². The highest BCUT2D eigenvalue weighted by atomic mass is 16.6. The van der Waals surface area contributed by atoms with Crippen LogP contribution in [-0.4, -0.2) is 166 Å². The first kappa shape index (κ1) is 60.7. The van der Waals surface area contributed by atoms with Crippen LogP contribution in [0.25, 0.3) is 0 Å². The van der Waals surface area contributed by atoms with Crippen LogP contribution < -0.4 is 20.7 Å². The highest BCUT2D eigenvalue weighted by Crippen LogP contribution is 2.26. The predicted octanol–water partition coefficient (Wildman–Crippen LogP) is 2.33. The summed E-state index contributed by atoms with van der Waals surface area (Å²) in [5.74, 6) is -9.61. The Morgan fingerprint density at radius 3 is 2.07 bits per heavy atom. The van der Waals surface area contributed by atoms with Crippen LogP contribution in [-0.2, 0) is 59.0 Å². The summed E-state index contributed by atoms with van der Waals surface area (Å²) in [4.78, 5) is 132. The molecule has 1 aromatic rings. The number of fused-ring (bicyclic) bond motifs is 1. The van der Waals surface area contributed by atoms with E-state index in [0.29, 0.717) is 24.2 Å². The molecule has 2 heterocycles. The maximum atomic E-state index is 14.8. The molecule has 0 aromatic heterocycles. The number of aliphatic hydroxyl groups is 2. The molecule has 5 N–H and O–H groups in total. The highest BCUT2D eigenvalue weighted by Gasteiger charge is 2.45. The Bertz CT molecular complexity index is 2060. The number of cyclic esters (lactones) is 2. The zero-order valence-corrected chi connectivity index (χ0v) is 44.8. The number of nitrogens with one attached hydrogen (secondary N) is 3. The van der Waals surface area contributed by atoms with Crippen LogP contribution in [0.1, 0.15) is 120 Å². The highest BCUT2D eigenvalue weighted by molar-refractivity contribution is 6.05. The SMILES string of the molecule is CC[C@H](C)C1NC(=O)C(NC(=O)[C@@H](CC(C)C)N(C)C(=O)[C@H](C)O)[C@@H](C)OC(=O)C(Cc2ccc(OC)cc2)N(C)C(=O)[C@@H]2CCCN2C(=O)C(CC(C)C)NC(=O)[C@@H](C)C(=O)C(C(C)C)OC(=O)C[C@@H]1O. The molecule has 2 fully saturated rings. The van der Waals surface area contributed by atoms with Crippen molar-refractivity contribution >= 4 is 53.2 Å². The molecule has 2 aliphatic rings. The van der Waals surface area contributed by atoms with E-state index in [1.54, 1.807) is 52.0 Å². The predicted molar refractivity (Wildman–Crippen MR) is 265 cm³/mol. The number of ether oxygens (including phenoxy) is 3. The lowest BCUT2D eigenvalue weighted by molar-refractivity contribution is -0.163. The maximum absolute atomic E-state index is 14.8. The zero-order valence-electron chi connectivity index (χ0n) is 44.8. The molecule has 12 atom stereocenters. The minimum atomic E-state index is -1.73. The first-order chi connectivity index (χ1) is 33.6. The number of aliphatic hydroxyl groups excluding tert-OH is 2. The van der Waals surface area contributed by atoms with Gasteiger partial charge in [0.1, 0.15) is 48.2 Å². The molecule has 0 radical (unpaired) electrons. The van der Waals surface area contributed by atoms with Gasteiger partial charge in [-0.25, -0.2) is 4.79 Å². The topological polar surface area (TPSA) is 268 Å². The zero-order chi connectivity index (χ0) is 54.5. The van der Waals surface area contributed by atoms with Crippen LogP contribution in [0, 0.1) is 29.6 Å². The lowest BCUT2D eigenvalue weighted by Gasteiger charge is -2.36. The van der Waals surface area contributed by atoms with Gasteiger partial charge < -0.3 is 55.1 Å². The van der Waals surface area contributed by atoms with Gasteiger partial charge in [-0.2, -0.15) is 0 Å². The van der Waals surface area contributed by atoms with Gasteiger partial charge in [-0.1, -0.05) is 73.9 Å². The Kier molecular flexibility index (Phi) is 23.1. The largest absolute Gasteiger partial charge is 0.497 e. The molecule has 20 heteroatoms. The maximum Gasteiger partial charge on any atom is 0.329 e. The lowest BCUT2D eigenvalue weighted by atomic mass is 9.91. The quantitative estimate of drug-likeness (QED) is 0.132. The molecule has 20 nitrogen and oxygen atoms in total. The van der Waals surface area contributed by atoms with Gasteiger partial charge in [0.15, 0.2) is 11.9 Å². The summed E-state index contributed by atoms with van der Waals surface area (Å²) in [7, 11) is 4.23. The number of hydrogen-bond donors (Lipinski definition) is 5. The third-order valence-electron chi connectivity index (χ3n) is 13.7. The standard InChI is InChI=1S/C52H82N6O14/c1-15-30(8)42-40(60)26-41(61)72-45(29(6)7)44(62)31(9)46(63)53-36(23-27(2)3)50(67)58-22-16-17-37(58)51(68)57(13)39(25-34-18-20-35(70-14)21-19-34)52(69)71-33(11)43(48(65)54-42)55-47(64)38(24-28(4)5)56(12)49(66)32(10)59/h18-21,27-33,36-40,42-43,45,59-60H,15-17,22-26H2,1-14H3,(H,53,63)(H,54,65)(H,55,64)/t30-,31-,32-,33+,36?,37-,38+,39?,40-,42?,43?,45?/m0/s1. The summed E-state index contributed by atoms with van der Waals surface area (Å²) in [5.41, 5.74) is 0.582. The van der Waals surface area contributed by atoms with Gasteiger partial charge in [-0.05, 0) is 87.8 Å². The van der Waals surface area contributed by atoms with E-state index < -0.39 is 138 Å². The molecule has 1 aromatic carbocycles. The molecule has 72 heavy (non-hydrogen) atoms. The number of amides is 6. The summed E-state index contributed by atoms with van der Waals surface area (Å²) in [6.45, 7) is 18.1. The second-order valence-corrected chi connectivity index (χ2v) is 20.8. The van der Waals surface area contributed by atoms with Crippen molar-refractivity contribution in [1.82, 2.24) is 30.7 Å². The van der Waals surface area contributed by atoms with Crippen molar-refractivity contribution in [3.63, 3.8) is 0 Å².